The van der Waals surface area contributed by atoms with Gasteiger partial charge < -0.3 is 9.30 Å². The number of hydrogen-bond donors (Lipinski definition) is 1. The van der Waals surface area contributed by atoms with Crippen LogP contribution in [0.3, 0.4) is 0 Å². The smallest absolute Gasteiger partial charge is 0.412 e. The highest BCUT2D eigenvalue weighted by Crippen LogP contribution is 2.43. The molecular weight excluding hydrogens is 474 g/mol. The number of rotatable bonds is 6. The number of amides is 1. The fourth-order valence-corrected chi connectivity index (χ4v) is 4.84. The van der Waals surface area contributed by atoms with Crippen LogP contribution < -0.4 is 5.32 Å². The first kappa shape index (κ1) is 25.5. The summed E-state index contributed by atoms with van der Waals surface area (Å²) >= 11 is 0. The Labute approximate surface area is 212 Å². The molecule has 1 N–H and O–H groups in total. The zero-order valence-corrected chi connectivity index (χ0v) is 21.9. The molecule has 1 aliphatic carbocycles. The lowest BCUT2D eigenvalue weighted by molar-refractivity contribution is 0.0636. The van der Waals surface area contributed by atoms with Crippen LogP contribution in [0.4, 0.5) is 10.5 Å². The van der Waals surface area contributed by atoms with Crippen LogP contribution >= 0.6 is 0 Å². The molecule has 0 bridgehead atoms. The summed E-state index contributed by atoms with van der Waals surface area (Å²) in [6, 6.07) is 16.1. The number of benzene rings is 2. The lowest BCUT2D eigenvalue weighted by Crippen LogP contribution is -2.27. The molecule has 0 aliphatic heterocycles. The quantitative estimate of drug-likeness (QED) is 0.420. The minimum Gasteiger partial charge on any atom is -0.444 e. The van der Waals surface area contributed by atoms with Crippen molar-refractivity contribution in [1.82, 2.24) is 4.57 Å². The first-order chi connectivity index (χ1) is 16.9. The number of allylic oxidation sites excluding steroid dienone is 1. The fourth-order valence-electron chi connectivity index (χ4n) is 4.40. The molecule has 7 nitrogen and oxygen atoms in total. The van der Waals surface area contributed by atoms with E-state index >= 15 is 0 Å². The average molecular weight is 506 g/mol. The fraction of sp³-hybridized carbons (Fsp3) is 0.357. The Morgan fingerprint density at radius 3 is 2.44 bits per heavy atom. The zero-order valence-electron chi connectivity index (χ0n) is 21.0. The van der Waals surface area contributed by atoms with Gasteiger partial charge in [-0.1, -0.05) is 30.3 Å². The van der Waals surface area contributed by atoms with E-state index in [1.165, 1.54) is 11.7 Å². The van der Waals surface area contributed by atoms with Gasteiger partial charge in [-0.25, -0.2) is 13.2 Å². The second-order valence-electron chi connectivity index (χ2n) is 10.3. The van der Waals surface area contributed by atoms with E-state index in [-0.39, 0.29) is 0 Å². The highest BCUT2D eigenvalue weighted by atomic mass is 32.2. The van der Waals surface area contributed by atoms with Gasteiger partial charge in [-0.3, -0.25) is 5.32 Å². The molecule has 1 aromatic heterocycles. The molecule has 0 atom stereocenters. The van der Waals surface area contributed by atoms with Gasteiger partial charge in [-0.15, -0.1) is 0 Å². The molecule has 188 valence electrons. The Kier molecular flexibility index (Phi) is 6.96. The molecule has 1 amide bonds. The van der Waals surface area contributed by atoms with Crippen molar-refractivity contribution in [1.29, 1.82) is 5.26 Å². The number of fused-ring (bicyclic) bond motifs is 1. The highest BCUT2D eigenvalue weighted by molar-refractivity contribution is 7.93. The summed E-state index contributed by atoms with van der Waals surface area (Å²) in [5, 5.41) is 15.0. The van der Waals surface area contributed by atoms with Crippen LogP contribution in [0.15, 0.2) is 53.9 Å². The summed E-state index contributed by atoms with van der Waals surface area (Å²) in [7, 11) is -3.18. The molecule has 0 radical (unpaired) electrons. The maximum atomic E-state index is 12.1. The van der Waals surface area contributed by atoms with Gasteiger partial charge in [0.25, 0.3) is 0 Å². The summed E-state index contributed by atoms with van der Waals surface area (Å²) in [5.74, 6) is 0. The van der Waals surface area contributed by atoms with Gasteiger partial charge in [-0.05, 0) is 75.8 Å². The number of nitrogens with zero attached hydrogens (tertiary/aromatic N) is 2. The molecule has 4 rings (SSSR count). The molecule has 0 unspecified atom stereocenters. The van der Waals surface area contributed by atoms with Crippen molar-refractivity contribution in [3.8, 4) is 17.3 Å². The predicted octanol–water partition coefficient (Wildman–Crippen LogP) is 6.35. The minimum atomic E-state index is -3.18. The van der Waals surface area contributed by atoms with Crippen molar-refractivity contribution in [2.75, 3.05) is 11.6 Å². The van der Waals surface area contributed by atoms with Gasteiger partial charge in [0.1, 0.15) is 11.7 Å². The van der Waals surface area contributed by atoms with E-state index in [1.807, 2.05) is 57.2 Å². The molecule has 0 spiro atoms. The lowest BCUT2D eigenvalue weighted by Gasteiger charge is -2.30. The molecule has 8 heteroatoms. The number of hydrogen-bond acceptors (Lipinski definition) is 5. The minimum absolute atomic E-state index is 0.297. The van der Waals surface area contributed by atoms with Crippen molar-refractivity contribution < 1.29 is 17.9 Å². The van der Waals surface area contributed by atoms with Gasteiger partial charge in [0.05, 0.1) is 16.8 Å². The molecule has 1 saturated carbocycles. The Hall–Kier alpha value is -3.57. The molecule has 36 heavy (non-hydrogen) atoms. The molecule has 1 heterocycles. The first-order valence-corrected chi connectivity index (χ1v) is 13.9. The van der Waals surface area contributed by atoms with Crippen LogP contribution in [-0.2, 0) is 21.0 Å². The zero-order chi connectivity index (χ0) is 26.1. The van der Waals surface area contributed by atoms with Crippen molar-refractivity contribution in [2.24, 2.45) is 0 Å². The standard InChI is InChI=1S/C28H31N3O4S/c1-28(2,3)35-27(32)30-21-13-11-20(12-14-21)26-24(18-29)23-15-10-19(7-6-16-36(4,33)34)17-25(23)31(26)22-8-5-9-22/h6,10-17,22H,5,7-9H2,1-4H3,(H,30,32). The van der Waals surface area contributed by atoms with E-state index in [9.17, 15) is 18.5 Å². The largest absolute Gasteiger partial charge is 0.444 e. The van der Waals surface area contributed by atoms with Crippen molar-refractivity contribution >= 4 is 32.5 Å². The number of nitrogens with one attached hydrogen (secondary N) is 1. The SMILES string of the molecule is CC(C)(C)OC(=O)Nc1ccc(-c2c(C#N)c3ccc(CC=CS(C)(=O)=O)cc3n2C2CCC2)cc1. The molecule has 1 aliphatic rings. The van der Waals surface area contributed by atoms with E-state index in [0.717, 1.165) is 47.0 Å². The van der Waals surface area contributed by atoms with E-state index in [1.54, 1.807) is 6.08 Å². The maximum Gasteiger partial charge on any atom is 0.412 e. The second-order valence-corrected chi connectivity index (χ2v) is 12.2. The second kappa shape index (κ2) is 9.82. The number of carbonyl (C=O) groups excluding carboxylic acids is 1. The Balaban J connectivity index is 1.73. The van der Waals surface area contributed by atoms with Gasteiger partial charge in [0.15, 0.2) is 9.84 Å². The maximum absolute atomic E-state index is 12.1. The summed E-state index contributed by atoms with van der Waals surface area (Å²) in [6.45, 7) is 5.43. The van der Waals surface area contributed by atoms with E-state index < -0.39 is 21.5 Å². The number of ether oxygens (including phenoxy) is 1. The molecule has 1 fully saturated rings. The van der Waals surface area contributed by atoms with Gasteiger partial charge in [0.2, 0.25) is 0 Å². The summed E-state index contributed by atoms with van der Waals surface area (Å²) in [4.78, 5) is 12.1. The van der Waals surface area contributed by atoms with E-state index in [2.05, 4.69) is 22.0 Å². The molecule has 3 aromatic rings. The van der Waals surface area contributed by atoms with Gasteiger partial charge in [-0.2, -0.15) is 5.26 Å². The predicted molar refractivity (Wildman–Crippen MR) is 143 cm³/mol. The monoisotopic (exact) mass is 505 g/mol. The first-order valence-electron chi connectivity index (χ1n) is 12.0. The summed E-state index contributed by atoms with van der Waals surface area (Å²) < 4.78 is 30.5. The van der Waals surface area contributed by atoms with Crippen molar-refractivity contribution in [3.63, 3.8) is 0 Å². The van der Waals surface area contributed by atoms with Crippen LogP contribution in [-0.4, -0.2) is 30.9 Å². The van der Waals surface area contributed by atoms with Crippen LogP contribution in [0, 0.1) is 11.3 Å². The topological polar surface area (TPSA) is 101 Å². The van der Waals surface area contributed by atoms with Crippen molar-refractivity contribution in [3.05, 3.63) is 65.1 Å². The Morgan fingerprint density at radius 2 is 1.89 bits per heavy atom. The molecule has 2 aromatic carbocycles. The lowest BCUT2D eigenvalue weighted by atomic mass is 9.92. The molecule has 0 saturated heterocycles. The van der Waals surface area contributed by atoms with Crippen molar-refractivity contribution in [2.45, 2.75) is 58.1 Å². The Bertz CT molecular complexity index is 1470. The van der Waals surface area contributed by atoms with Gasteiger partial charge in [0, 0.05) is 28.8 Å². The normalized spacial score (nSPS) is 14.5. The number of nitriles is 1. The van der Waals surface area contributed by atoms with Crippen LogP contribution in [0.5, 0.6) is 0 Å². The van der Waals surface area contributed by atoms with Crippen LogP contribution in [0.2, 0.25) is 0 Å². The number of sulfone groups is 1. The number of carbonyl (C=O) groups is 1. The van der Waals surface area contributed by atoms with Gasteiger partial charge >= 0.3 is 6.09 Å². The third kappa shape index (κ3) is 5.80. The summed E-state index contributed by atoms with van der Waals surface area (Å²) in [5.41, 5.74) is 4.35. The average Bonchev–Trinajstić information content (AvgIpc) is 3.04. The number of aromatic nitrogens is 1. The van der Waals surface area contributed by atoms with Crippen LogP contribution in [0.25, 0.3) is 22.2 Å². The van der Waals surface area contributed by atoms with E-state index in [0.29, 0.717) is 23.7 Å². The molecular formula is C28H31N3O4S. The van der Waals surface area contributed by atoms with E-state index in [4.69, 9.17) is 4.74 Å². The Morgan fingerprint density at radius 1 is 1.19 bits per heavy atom. The third-order valence-electron chi connectivity index (χ3n) is 6.12. The van der Waals surface area contributed by atoms with Crippen LogP contribution in [0.1, 0.15) is 57.2 Å². The number of anilines is 1. The highest BCUT2D eigenvalue weighted by Gasteiger charge is 2.28. The third-order valence-corrected chi connectivity index (χ3v) is 6.81. The summed E-state index contributed by atoms with van der Waals surface area (Å²) in [6.07, 6.45) is 6.01.